The van der Waals surface area contributed by atoms with Crippen molar-refractivity contribution < 1.29 is 14.3 Å². The van der Waals surface area contributed by atoms with Crippen LogP contribution in [0.2, 0.25) is 0 Å². The van der Waals surface area contributed by atoms with E-state index >= 15 is 0 Å². The molecule has 3 rings (SSSR count). The topological polar surface area (TPSA) is 97.8 Å². The number of nitrogens with one attached hydrogen (secondary N) is 1. The van der Waals surface area contributed by atoms with Crippen molar-refractivity contribution in [3.05, 3.63) is 65.5 Å². The number of hydrogen-bond donors (Lipinski definition) is 1. The minimum atomic E-state index is -0.246. The lowest BCUT2D eigenvalue weighted by molar-refractivity contribution is -0.148. The van der Waals surface area contributed by atoms with Gasteiger partial charge >= 0.3 is 5.97 Å². The summed E-state index contributed by atoms with van der Waals surface area (Å²) in [5.41, 5.74) is 2.19. The minimum absolute atomic E-state index is 0.0991. The second-order valence-corrected chi connectivity index (χ2v) is 8.47. The van der Waals surface area contributed by atoms with E-state index in [1.807, 2.05) is 37.3 Å². The number of aryl methyl sites for hydroxylation is 2. The number of carbonyl (C=O) groups is 2. The summed E-state index contributed by atoms with van der Waals surface area (Å²) in [7, 11) is 0. The highest BCUT2D eigenvalue weighted by Crippen LogP contribution is 2.38. The third kappa shape index (κ3) is 7.55. The van der Waals surface area contributed by atoms with Gasteiger partial charge in [-0.25, -0.2) is 0 Å². The first kappa shape index (κ1) is 23.6. The molecule has 2 aromatic rings. The highest BCUT2D eigenvalue weighted by Gasteiger charge is 2.36. The van der Waals surface area contributed by atoms with E-state index in [1.54, 1.807) is 6.08 Å². The van der Waals surface area contributed by atoms with Gasteiger partial charge in [0.15, 0.2) is 11.6 Å². The van der Waals surface area contributed by atoms with Gasteiger partial charge in [0, 0.05) is 25.7 Å². The number of ketones is 1. The monoisotopic (exact) mass is 436 g/mol. The lowest BCUT2D eigenvalue weighted by Gasteiger charge is -2.21. The average molecular weight is 437 g/mol. The molecule has 0 spiro atoms. The molecular weight excluding hydrogens is 404 g/mol. The van der Waals surface area contributed by atoms with Crippen molar-refractivity contribution in [2.45, 2.75) is 64.9 Å². The van der Waals surface area contributed by atoms with E-state index in [0.29, 0.717) is 6.42 Å². The van der Waals surface area contributed by atoms with Crippen molar-refractivity contribution in [1.82, 2.24) is 20.6 Å². The molecular formula is C25H32N4O3. The standard InChI is InChI=1S/C25H32N4O3/c1-18-8-7-9-20(16-18)17-22(31)14-12-21-13-15-24(32-19(2)30)23(21)10-5-3-4-6-11-25-26-28-29-27-25/h3,5,7-9,12,14,16,21,23-24H,4,6,10-11,13,15,17H2,1-2H3,(H,26,27,28,29)/t21-,23+,24-/m0/s1. The van der Waals surface area contributed by atoms with Crippen LogP contribution < -0.4 is 0 Å². The van der Waals surface area contributed by atoms with Crippen LogP contribution in [0.1, 0.15) is 56.0 Å². The average Bonchev–Trinajstić information content (AvgIpc) is 3.39. The van der Waals surface area contributed by atoms with Gasteiger partial charge in [0.2, 0.25) is 0 Å². The lowest BCUT2D eigenvalue weighted by Crippen LogP contribution is -2.23. The highest BCUT2D eigenvalue weighted by atomic mass is 16.5. The summed E-state index contributed by atoms with van der Waals surface area (Å²) >= 11 is 0. The number of nitrogens with zero attached hydrogens (tertiary/aromatic N) is 3. The van der Waals surface area contributed by atoms with Crippen molar-refractivity contribution >= 4 is 11.8 Å². The zero-order chi connectivity index (χ0) is 22.8. The number of hydrogen-bond acceptors (Lipinski definition) is 6. The molecule has 1 aliphatic rings. The van der Waals surface area contributed by atoms with Gasteiger partial charge in [-0.3, -0.25) is 9.59 Å². The third-order valence-electron chi connectivity index (χ3n) is 5.85. The zero-order valence-electron chi connectivity index (χ0n) is 18.9. The fraction of sp³-hybridized carbons (Fsp3) is 0.480. The number of carbonyl (C=O) groups excluding carboxylic acids is 2. The van der Waals surface area contributed by atoms with Gasteiger partial charge < -0.3 is 4.74 Å². The molecule has 0 bridgehead atoms. The number of benzene rings is 1. The molecule has 0 amide bonds. The number of H-pyrrole nitrogens is 1. The second-order valence-electron chi connectivity index (χ2n) is 8.47. The molecule has 1 aliphatic carbocycles. The smallest absolute Gasteiger partial charge is 0.302 e. The Labute approximate surface area is 189 Å². The highest BCUT2D eigenvalue weighted by molar-refractivity contribution is 5.91. The van der Waals surface area contributed by atoms with Crippen molar-refractivity contribution in [2.75, 3.05) is 0 Å². The van der Waals surface area contributed by atoms with E-state index in [1.165, 1.54) is 6.92 Å². The fourth-order valence-electron chi connectivity index (χ4n) is 4.34. The van der Waals surface area contributed by atoms with Gasteiger partial charge in [-0.1, -0.05) is 53.3 Å². The number of ether oxygens (including phenoxy) is 1. The van der Waals surface area contributed by atoms with Gasteiger partial charge in [0.25, 0.3) is 0 Å². The normalized spacial score (nSPS) is 20.9. The molecule has 1 saturated carbocycles. The molecule has 1 aromatic heterocycles. The number of rotatable bonds is 11. The van der Waals surface area contributed by atoms with Gasteiger partial charge in [0.05, 0.1) is 0 Å². The molecule has 0 saturated heterocycles. The summed E-state index contributed by atoms with van der Waals surface area (Å²) in [5.74, 6) is 0.997. The number of aromatic amines is 1. The maximum Gasteiger partial charge on any atom is 0.302 e. The van der Waals surface area contributed by atoms with Crippen LogP contribution >= 0.6 is 0 Å². The van der Waals surface area contributed by atoms with Crippen molar-refractivity contribution in [2.24, 2.45) is 11.8 Å². The maximum atomic E-state index is 12.5. The summed E-state index contributed by atoms with van der Waals surface area (Å²) in [6.45, 7) is 3.49. The fourth-order valence-corrected chi connectivity index (χ4v) is 4.34. The van der Waals surface area contributed by atoms with Gasteiger partial charge in [-0.2, -0.15) is 5.21 Å². The van der Waals surface area contributed by atoms with Crippen LogP contribution in [0, 0.1) is 18.8 Å². The summed E-state index contributed by atoms with van der Waals surface area (Å²) in [6.07, 6.45) is 13.6. The quantitative estimate of drug-likeness (QED) is 0.246. The van der Waals surface area contributed by atoms with Crippen LogP contribution in [0.5, 0.6) is 0 Å². The Morgan fingerprint density at radius 3 is 2.88 bits per heavy atom. The van der Waals surface area contributed by atoms with Crippen LogP contribution in [0.4, 0.5) is 0 Å². The Hall–Kier alpha value is -3.09. The molecule has 7 nitrogen and oxygen atoms in total. The zero-order valence-corrected chi connectivity index (χ0v) is 18.9. The molecule has 1 fully saturated rings. The predicted molar refractivity (Wildman–Crippen MR) is 122 cm³/mol. The second kappa shape index (κ2) is 12.1. The van der Waals surface area contributed by atoms with Crippen molar-refractivity contribution in [1.29, 1.82) is 0 Å². The predicted octanol–water partition coefficient (Wildman–Crippen LogP) is 4.10. The molecule has 1 heterocycles. The van der Waals surface area contributed by atoms with E-state index in [0.717, 1.165) is 55.5 Å². The SMILES string of the molecule is CC(=O)O[C@H]1CC[C@H](C=CC(=O)Cc2cccc(C)c2)[C@H]1CC=CCCCc1nn[nH]n1. The van der Waals surface area contributed by atoms with E-state index in [-0.39, 0.29) is 29.7 Å². The van der Waals surface area contributed by atoms with Gasteiger partial charge in [0.1, 0.15) is 6.10 Å². The first-order valence-electron chi connectivity index (χ1n) is 11.3. The summed E-state index contributed by atoms with van der Waals surface area (Å²) in [6, 6.07) is 8.04. The van der Waals surface area contributed by atoms with Crippen LogP contribution in [-0.4, -0.2) is 38.5 Å². The number of unbranched alkanes of at least 4 members (excludes halogenated alkanes) is 1. The Morgan fingerprint density at radius 2 is 2.12 bits per heavy atom. The summed E-state index contributed by atoms with van der Waals surface area (Å²) in [4.78, 5) is 24.0. The largest absolute Gasteiger partial charge is 0.462 e. The van der Waals surface area contributed by atoms with Gasteiger partial charge in [-0.05, 0) is 56.6 Å². The Kier molecular flexibility index (Phi) is 8.90. The van der Waals surface area contributed by atoms with E-state index < -0.39 is 0 Å². The van der Waals surface area contributed by atoms with Crippen LogP contribution in [0.15, 0.2) is 48.6 Å². The Morgan fingerprint density at radius 1 is 1.25 bits per heavy atom. The van der Waals surface area contributed by atoms with Crippen LogP contribution in [-0.2, 0) is 27.2 Å². The Bertz CT molecular complexity index is 936. The van der Waals surface area contributed by atoms with E-state index in [9.17, 15) is 9.59 Å². The molecule has 0 aliphatic heterocycles. The minimum Gasteiger partial charge on any atom is -0.462 e. The van der Waals surface area contributed by atoms with E-state index in [2.05, 4.69) is 32.8 Å². The van der Waals surface area contributed by atoms with E-state index in [4.69, 9.17) is 4.74 Å². The summed E-state index contributed by atoms with van der Waals surface area (Å²) in [5, 5.41) is 13.9. The molecule has 170 valence electrons. The van der Waals surface area contributed by atoms with Crippen LogP contribution in [0.3, 0.4) is 0 Å². The van der Waals surface area contributed by atoms with Gasteiger partial charge in [-0.15, -0.1) is 10.2 Å². The maximum absolute atomic E-state index is 12.5. The third-order valence-corrected chi connectivity index (χ3v) is 5.85. The first-order chi connectivity index (χ1) is 15.5. The molecule has 32 heavy (non-hydrogen) atoms. The summed E-state index contributed by atoms with van der Waals surface area (Å²) < 4.78 is 5.58. The Balaban J connectivity index is 1.53. The lowest BCUT2D eigenvalue weighted by atomic mass is 9.90. The molecule has 3 atom stereocenters. The van der Waals surface area contributed by atoms with Crippen molar-refractivity contribution in [3.63, 3.8) is 0 Å². The number of aromatic nitrogens is 4. The number of allylic oxidation sites excluding steroid dienone is 4. The number of esters is 1. The molecule has 0 unspecified atom stereocenters. The first-order valence-corrected chi connectivity index (χ1v) is 11.3. The molecule has 1 aromatic carbocycles. The molecule has 1 N–H and O–H groups in total. The molecule has 0 radical (unpaired) electrons. The van der Waals surface area contributed by atoms with Crippen LogP contribution in [0.25, 0.3) is 0 Å². The molecule has 7 heteroatoms. The van der Waals surface area contributed by atoms with Crippen molar-refractivity contribution in [3.8, 4) is 0 Å². The number of tetrazole rings is 1.